The first-order valence-corrected chi connectivity index (χ1v) is 6.62. The molecule has 0 aliphatic heterocycles. The maximum absolute atomic E-state index is 13.1. The van der Waals surface area contributed by atoms with Crippen molar-refractivity contribution in [3.8, 4) is 0 Å². The van der Waals surface area contributed by atoms with Gasteiger partial charge in [-0.15, -0.1) is 0 Å². The van der Waals surface area contributed by atoms with E-state index in [4.69, 9.17) is 9.15 Å². The zero-order valence-electron chi connectivity index (χ0n) is 11.0. The van der Waals surface area contributed by atoms with E-state index in [1.807, 2.05) is 6.07 Å². The van der Waals surface area contributed by atoms with E-state index in [1.165, 1.54) is 12.1 Å². The van der Waals surface area contributed by atoms with Crippen molar-refractivity contribution < 1.29 is 22.7 Å². The van der Waals surface area contributed by atoms with Crippen molar-refractivity contribution in [2.45, 2.75) is 32.1 Å². The van der Waals surface area contributed by atoms with Gasteiger partial charge in [-0.25, -0.2) is 13.6 Å². The van der Waals surface area contributed by atoms with Crippen LogP contribution < -0.4 is 0 Å². The number of ether oxygens (including phenoxy) is 1. The van der Waals surface area contributed by atoms with Crippen molar-refractivity contribution in [3.05, 3.63) is 35.1 Å². The largest absolute Gasteiger partial charge is 0.460 e. The number of rotatable bonds is 4. The number of halogens is 2. The minimum absolute atomic E-state index is 0.0308. The number of furan rings is 1. The van der Waals surface area contributed by atoms with Crippen LogP contribution in [0.15, 0.2) is 22.6 Å². The molecule has 0 bridgehead atoms. The van der Waals surface area contributed by atoms with Gasteiger partial charge in [-0.2, -0.15) is 0 Å². The van der Waals surface area contributed by atoms with E-state index in [0.717, 1.165) is 18.4 Å². The normalized spacial score (nSPS) is 15.0. The fraction of sp³-hybridized carbons (Fsp3) is 0.400. The summed E-state index contributed by atoms with van der Waals surface area (Å²) >= 11 is 0. The molecule has 106 valence electrons. The highest BCUT2D eigenvalue weighted by Crippen LogP contribution is 2.43. The van der Waals surface area contributed by atoms with Gasteiger partial charge in [-0.05, 0) is 49.4 Å². The second-order valence-corrected chi connectivity index (χ2v) is 4.93. The van der Waals surface area contributed by atoms with Gasteiger partial charge in [0.15, 0.2) is 0 Å². The number of esters is 1. The lowest BCUT2D eigenvalue weighted by Gasteiger charge is -2.04. The van der Waals surface area contributed by atoms with Gasteiger partial charge in [-0.3, -0.25) is 0 Å². The quantitative estimate of drug-likeness (QED) is 0.778. The first-order chi connectivity index (χ1) is 9.60. The fourth-order valence-electron chi connectivity index (χ4n) is 2.32. The topological polar surface area (TPSA) is 39.4 Å². The number of hydrogen-bond acceptors (Lipinski definition) is 3. The molecule has 1 aliphatic rings. The molecule has 1 saturated carbocycles. The Balaban J connectivity index is 2.10. The van der Waals surface area contributed by atoms with E-state index in [-0.39, 0.29) is 23.5 Å². The van der Waals surface area contributed by atoms with Crippen molar-refractivity contribution in [1.82, 2.24) is 0 Å². The average Bonchev–Trinajstić information content (AvgIpc) is 3.16. The summed E-state index contributed by atoms with van der Waals surface area (Å²) in [6, 6.07) is 4.79. The van der Waals surface area contributed by atoms with Gasteiger partial charge in [0, 0.05) is 5.39 Å². The third-order valence-electron chi connectivity index (χ3n) is 3.43. The van der Waals surface area contributed by atoms with Crippen LogP contribution in [0.3, 0.4) is 0 Å². The summed E-state index contributed by atoms with van der Waals surface area (Å²) < 4.78 is 36.4. The number of alkyl halides is 2. The van der Waals surface area contributed by atoms with Crippen LogP contribution in [0, 0.1) is 0 Å². The van der Waals surface area contributed by atoms with Crippen molar-refractivity contribution >= 4 is 16.9 Å². The van der Waals surface area contributed by atoms with Crippen molar-refractivity contribution in [2.24, 2.45) is 0 Å². The van der Waals surface area contributed by atoms with Gasteiger partial charge >= 0.3 is 5.97 Å². The van der Waals surface area contributed by atoms with Crippen molar-refractivity contribution in [3.63, 3.8) is 0 Å². The minimum Gasteiger partial charge on any atom is -0.460 e. The third-order valence-corrected chi connectivity index (χ3v) is 3.43. The lowest BCUT2D eigenvalue weighted by atomic mass is 10.0. The Morgan fingerprint density at radius 3 is 2.75 bits per heavy atom. The summed E-state index contributed by atoms with van der Waals surface area (Å²) in [5.74, 6) is -0.300. The van der Waals surface area contributed by atoms with Crippen LogP contribution in [0.25, 0.3) is 11.0 Å². The molecule has 20 heavy (non-hydrogen) atoms. The summed E-state index contributed by atoms with van der Waals surface area (Å²) in [7, 11) is 0. The second kappa shape index (κ2) is 4.89. The van der Waals surface area contributed by atoms with E-state index in [9.17, 15) is 13.6 Å². The number of benzene rings is 1. The predicted octanol–water partition coefficient (Wildman–Crippen LogP) is 4.42. The van der Waals surface area contributed by atoms with Crippen LogP contribution in [-0.4, -0.2) is 12.6 Å². The molecule has 3 rings (SSSR count). The van der Waals surface area contributed by atoms with E-state index in [1.54, 1.807) is 6.92 Å². The van der Waals surface area contributed by atoms with E-state index in [2.05, 4.69) is 0 Å². The molecule has 3 nitrogen and oxygen atoms in total. The molecule has 0 saturated heterocycles. The maximum atomic E-state index is 13.1. The molecule has 0 unspecified atom stereocenters. The SMILES string of the molecule is CCOC(=O)c1cc2cc(C3CC3)cc(C(F)F)c2o1. The number of carbonyl (C=O) groups excluding carboxylic acids is 1. The second-order valence-electron chi connectivity index (χ2n) is 4.93. The summed E-state index contributed by atoms with van der Waals surface area (Å²) in [5, 5.41) is 0.535. The Labute approximate surface area is 114 Å². The Bertz CT molecular complexity index is 656. The molecule has 1 aromatic heterocycles. The zero-order valence-corrected chi connectivity index (χ0v) is 11.0. The van der Waals surface area contributed by atoms with Gasteiger partial charge in [0.1, 0.15) is 5.58 Å². The van der Waals surface area contributed by atoms with Gasteiger partial charge in [0.05, 0.1) is 12.2 Å². The standard InChI is InChI=1S/C15H14F2O3/c1-2-19-15(18)12-7-10-5-9(8-3-4-8)6-11(14(16)17)13(10)20-12/h5-8,14H,2-4H2,1H3. The molecule has 0 amide bonds. The number of carbonyl (C=O) groups is 1. The van der Waals surface area contributed by atoms with E-state index in [0.29, 0.717) is 11.3 Å². The molecule has 5 heteroatoms. The first-order valence-electron chi connectivity index (χ1n) is 6.62. The molecule has 0 N–H and O–H groups in total. The predicted molar refractivity (Wildman–Crippen MR) is 69.1 cm³/mol. The molecule has 1 aliphatic carbocycles. The van der Waals surface area contributed by atoms with Gasteiger partial charge in [-0.1, -0.05) is 0 Å². The van der Waals surface area contributed by atoms with Crippen molar-refractivity contribution in [2.75, 3.05) is 6.61 Å². The molecule has 0 atom stereocenters. The first kappa shape index (κ1) is 13.1. The fourth-order valence-corrected chi connectivity index (χ4v) is 2.32. The molecule has 0 spiro atoms. The third kappa shape index (κ3) is 2.28. The van der Waals surface area contributed by atoms with Crippen LogP contribution in [0.5, 0.6) is 0 Å². The zero-order chi connectivity index (χ0) is 14.3. The van der Waals surface area contributed by atoms with Crippen LogP contribution in [0.1, 0.15) is 53.8 Å². The lowest BCUT2D eigenvalue weighted by Crippen LogP contribution is -2.02. The Morgan fingerprint density at radius 1 is 1.40 bits per heavy atom. The number of fused-ring (bicyclic) bond motifs is 1. The Kier molecular flexibility index (Phi) is 3.20. The van der Waals surface area contributed by atoms with E-state index >= 15 is 0 Å². The highest BCUT2D eigenvalue weighted by atomic mass is 19.3. The van der Waals surface area contributed by atoms with Crippen LogP contribution in [-0.2, 0) is 4.74 Å². The van der Waals surface area contributed by atoms with Crippen LogP contribution in [0.2, 0.25) is 0 Å². The minimum atomic E-state index is -2.63. The molecule has 1 fully saturated rings. The summed E-state index contributed by atoms with van der Waals surface area (Å²) in [6.45, 7) is 1.89. The van der Waals surface area contributed by atoms with Crippen LogP contribution in [0.4, 0.5) is 8.78 Å². The molecular formula is C15H14F2O3. The Morgan fingerprint density at radius 2 is 2.15 bits per heavy atom. The highest BCUT2D eigenvalue weighted by Gasteiger charge is 2.27. The van der Waals surface area contributed by atoms with Crippen LogP contribution >= 0.6 is 0 Å². The molecular weight excluding hydrogens is 266 g/mol. The smallest absolute Gasteiger partial charge is 0.374 e. The Hall–Kier alpha value is -1.91. The summed E-state index contributed by atoms with van der Waals surface area (Å²) in [4.78, 5) is 11.6. The maximum Gasteiger partial charge on any atom is 0.374 e. The van der Waals surface area contributed by atoms with Gasteiger partial charge in [0.25, 0.3) is 6.43 Å². The average molecular weight is 280 g/mol. The molecule has 1 aromatic carbocycles. The summed E-state index contributed by atoms with van der Waals surface area (Å²) in [6.07, 6.45) is -0.578. The van der Waals surface area contributed by atoms with E-state index < -0.39 is 12.4 Å². The number of hydrogen-bond donors (Lipinski definition) is 0. The lowest BCUT2D eigenvalue weighted by molar-refractivity contribution is 0.0492. The monoisotopic (exact) mass is 280 g/mol. The molecule has 0 radical (unpaired) electrons. The van der Waals surface area contributed by atoms with Gasteiger partial charge < -0.3 is 9.15 Å². The van der Waals surface area contributed by atoms with Crippen molar-refractivity contribution in [1.29, 1.82) is 0 Å². The summed E-state index contributed by atoms with van der Waals surface area (Å²) in [5.41, 5.74) is 0.816. The van der Waals surface area contributed by atoms with Gasteiger partial charge in [0.2, 0.25) is 5.76 Å². The molecule has 1 heterocycles. The molecule has 2 aromatic rings. The highest BCUT2D eigenvalue weighted by molar-refractivity contribution is 5.93.